The van der Waals surface area contributed by atoms with Gasteiger partial charge in [0, 0.05) is 5.92 Å². The van der Waals surface area contributed by atoms with Gasteiger partial charge in [-0.05, 0) is 67.6 Å². The molecule has 6 rings (SSSR count). The van der Waals surface area contributed by atoms with E-state index in [1.54, 1.807) is 0 Å². The number of rotatable bonds is 0. The fourth-order valence-corrected chi connectivity index (χ4v) is 6.77. The van der Waals surface area contributed by atoms with Crippen molar-refractivity contribution in [3.63, 3.8) is 0 Å². The van der Waals surface area contributed by atoms with Crippen LogP contribution in [-0.2, 0) is 9.53 Å². The third-order valence-corrected chi connectivity index (χ3v) is 7.03. The van der Waals surface area contributed by atoms with Gasteiger partial charge in [-0.25, -0.2) is 0 Å². The summed E-state index contributed by atoms with van der Waals surface area (Å²) >= 11 is 0. The smallest absolute Gasteiger partial charge is 0.309 e. The van der Waals surface area contributed by atoms with E-state index in [-0.39, 0.29) is 5.97 Å². The molecule has 0 amide bonds. The summed E-state index contributed by atoms with van der Waals surface area (Å²) in [5.74, 6) is 6.54. The van der Waals surface area contributed by atoms with E-state index in [9.17, 15) is 4.79 Å². The minimum absolute atomic E-state index is 0.158. The minimum Gasteiger partial charge on any atom is -0.465 e. The number of hydrogen-bond acceptors (Lipinski definition) is 2. The number of ether oxygens (including phenoxy) is 1. The fraction of sp³-hybridized carbons (Fsp3) is 0.933. The van der Waals surface area contributed by atoms with Gasteiger partial charge in [0.2, 0.25) is 0 Å². The van der Waals surface area contributed by atoms with Gasteiger partial charge in [-0.2, -0.15) is 0 Å². The Morgan fingerprint density at radius 2 is 1.59 bits per heavy atom. The second kappa shape index (κ2) is 2.89. The summed E-state index contributed by atoms with van der Waals surface area (Å²) in [6.07, 6.45) is 7.16. The van der Waals surface area contributed by atoms with Crippen molar-refractivity contribution in [1.82, 2.24) is 0 Å². The Kier molecular flexibility index (Phi) is 1.60. The van der Waals surface area contributed by atoms with E-state index in [1.807, 2.05) is 0 Å². The van der Waals surface area contributed by atoms with Crippen LogP contribution in [0.2, 0.25) is 0 Å². The molecule has 0 radical (unpaired) electrons. The second-order valence-electron chi connectivity index (χ2n) is 7.21. The van der Waals surface area contributed by atoms with Crippen LogP contribution in [0.15, 0.2) is 0 Å². The van der Waals surface area contributed by atoms with E-state index < -0.39 is 0 Å². The second-order valence-corrected chi connectivity index (χ2v) is 7.21. The lowest BCUT2D eigenvalue weighted by molar-refractivity contribution is -0.148. The van der Waals surface area contributed by atoms with Gasteiger partial charge < -0.3 is 4.74 Å². The Morgan fingerprint density at radius 1 is 0.882 bits per heavy atom. The minimum atomic E-state index is 0.158. The van der Waals surface area contributed by atoms with Gasteiger partial charge in [0.05, 0.1) is 12.5 Å². The summed E-state index contributed by atoms with van der Waals surface area (Å²) < 4.78 is 5.40. The van der Waals surface area contributed by atoms with Crippen LogP contribution < -0.4 is 0 Å². The van der Waals surface area contributed by atoms with Crippen molar-refractivity contribution in [2.24, 2.45) is 47.3 Å². The highest BCUT2D eigenvalue weighted by atomic mass is 16.5. The molecule has 6 fully saturated rings. The lowest BCUT2D eigenvalue weighted by atomic mass is 9.48. The van der Waals surface area contributed by atoms with Crippen molar-refractivity contribution in [2.45, 2.75) is 32.1 Å². The normalized spacial score (nSPS) is 62.5. The van der Waals surface area contributed by atoms with Crippen LogP contribution in [0.3, 0.4) is 0 Å². The van der Waals surface area contributed by atoms with Gasteiger partial charge in [0.15, 0.2) is 0 Å². The molecule has 8 atom stereocenters. The average Bonchev–Trinajstić information content (AvgIpc) is 3.05. The van der Waals surface area contributed by atoms with Gasteiger partial charge >= 0.3 is 5.97 Å². The molecule has 6 aliphatic rings. The first-order chi connectivity index (χ1) is 8.34. The Morgan fingerprint density at radius 3 is 2.41 bits per heavy atom. The molecule has 5 aliphatic carbocycles. The van der Waals surface area contributed by atoms with Crippen LogP contribution in [0.5, 0.6) is 0 Å². The van der Waals surface area contributed by atoms with E-state index >= 15 is 0 Å². The van der Waals surface area contributed by atoms with Gasteiger partial charge in [0.1, 0.15) is 0 Å². The Hall–Kier alpha value is -0.530. The van der Waals surface area contributed by atoms with Crippen LogP contribution in [0.4, 0.5) is 0 Å². The number of carbonyl (C=O) groups excluding carboxylic acids is 1. The first kappa shape index (κ1) is 9.41. The molecule has 8 unspecified atom stereocenters. The van der Waals surface area contributed by atoms with Crippen LogP contribution in [0.25, 0.3) is 0 Å². The average molecular weight is 232 g/mol. The molecule has 0 spiro atoms. The highest BCUT2D eigenvalue weighted by Crippen LogP contribution is 2.68. The maximum Gasteiger partial charge on any atom is 0.309 e. The van der Waals surface area contributed by atoms with Crippen LogP contribution in [0, 0.1) is 47.3 Å². The fourth-order valence-electron chi connectivity index (χ4n) is 6.77. The zero-order valence-corrected chi connectivity index (χ0v) is 10.2. The first-order valence-corrected chi connectivity index (χ1v) is 7.51. The number of cyclic esters (lactones) is 1. The van der Waals surface area contributed by atoms with Gasteiger partial charge in [-0.3, -0.25) is 4.79 Å². The van der Waals surface area contributed by atoms with Gasteiger partial charge in [-0.15, -0.1) is 0 Å². The summed E-state index contributed by atoms with van der Waals surface area (Å²) in [6, 6.07) is 0. The zero-order valence-electron chi connectivity index (χ0n) is 10.2. The molecule has 2 nitrogen and oxygen atoms in total. The van der Waals surface area contributed by atoms with Crippen molar-refractivity contribution in [1.29, 1.82) is 0 Å². The van der Waals surface area contributed by atoms with Crippen LogP contribution in [-0.4, -0.2) is 12.6 Å². The lowest BCUT2D eigenvalue weighted by Crippen LogP contribution is -2.53. The molecule has 17 heavy (non-hydrogen) atoms. The number of carbonyl (C=O) groups is 1. The van der Waals surface area contributed by atoms with Crippen LogP contribution >= 0.6 is 0 Å². The molecular formula is C15H20O2. The summed E-state index contributed by atoms with van der Waals surface area (Å²) in [4.78, 5) is 12.0. The Balaban J connectivity index is 1.61. The van der Waals surface area contributed by atoms with Crippen molar-refractivity contribution >= 4 is 5.97 Å². The number of hydrogen-bond donors (Lipinski definition) is 0. The van der Waals surface area contributed by atoms with Crippen LogP contribution in [0.1, 0.15) is 32.1 Å². The third-order valence-electron chi connectivity index (χ3n) is 7.03. The lowest BCUT2D eigenvalue weighted by Gasteiger charge is -2.55. The SMILES string of the molecule is O=C1OCC2C3CCC(C12)C1C2CCC(C2)C31. The third kappa shape index (κ3) is 0.946. The highest BCUT2D eigenvalue weighted by Gasteiger charge is 2.65. The van der Waals surface area contributed by atoms with E-state index in [2.05, 4.69) is 0 Å². The topological polar surface area (TPSA) is 26.3 Å². The van der Waals surface area contributed by atoms with Crippen molar-refractivity contribution in [3.05, 3.63) is 0 Å². The summed E-state index contributed by atoms with van der Waals surface area (Å²) in [5, 5.41) is 0. The standard InChI is InChI=1S/C15H20O2/c16-15-14-10-4-3-9(11(14)6-17-15)12-7-1-2-8(5-7)13(10)12/h7-14H,1-6H2. The highest BCUT2D eigenvalue weighted by molar-refractivity contribution is 5.75. The van der Waals surface area contributed by atoms with E-state index in [1.165, 1.54) is 32.1 Å². The summed E-state index contributed by atoms with van der Waals surface area (Å²) in [6.45, 7) is 0.755. The predicted molar refractivity (Wildman–Crippen MR) is 62.0 cm³/mol. The molecular weight excluding hydrogens is 212 g/mol. The number of esters is 1. The largest absolute Gasteiger partial charge is 0.465 e. The van der Waals surface area contributed by atoms with Crippen molar-refractivity contribution in [3.8, 4) is 0 Å². The van der Waals surface area contributed by atoms with Crippen molar-refractivity contribution in [2.75, 3.05) is 6.61 Å². The molecule has 0 aromatic rings. The molecule has 92 valence electrons. The molecule has 0 aromatic heterocycles. The Labute approximate surface area is 102 Å². The monoisotopic (exact) mass is 232 g/mol. The number of fused-ring (bicyclic) bond motifs is 3. The zero-order chi connectivity index (χ0) is 11.1. The molecule has 1 heterocycles. The molecule has 0 N–H and O–H groups in total. The van der Waals surface area contributed by atoms with E-state index in [0.717, 1.165) is 36.2 Å². The van der Waals surface area contributed by atoms with Gasteiger partial charge in [-0.1, -0.05) is 0 Å². The summed E-state index contributed by atoms with van der Waals surface area (Å²) in [5.41, 5.74) is 0. The quantitative estimate of drug-likeness (QED) is 0.600. The maximum absolute atomic E-state index is 12.0. The molecule has 5 saturated carbocycles. The van der Waals surface area contributed by atoms with Gasteiger partial charge in [0.25, 0.3) is 0 Å². The Bertz CT molecular complexity index is 390. The van der Waals surface area contributed by atoms with E-state index in [4.69, 9.17) is 4.74 Å². The molecule has 0 aromatic carbocycles. The maximum atomic E-state index is 12.0. The van der Waals surface area contributed by atoms with Crippen molar-refractivity contribution < 1.29 is 9.53 Å². The summed E-state index contributed by atoms with van der Waals surface area (Å²) in [7, 11) is 0. The first-order valence-electron chi connectivity index (χ1n) is 7.51. The molecule has 2 heteroatoms. The van der Waals surface area contributed by atoms with E-state index in [0.29, 0.717) is 17.8 Å². The molecule has 4 bridgehead atoms. The predicted octanol–water partition coefficient (Wildman–Crippen LogP) is 2.48. The molecule has 1 saturated heterocycles. The molecule has 1 aliphatic heterocycles.